The van der Waals surface area contributed by atoms with E-state index in [1.165, 1.54) is 4.90 Å². The van der Waals surface area contributed by atoms with Gasteiger partial charge in [0.15, 0.2) is 6.29 Å². The highest BCUT2D eigenvalue weighted by molar-refractivity contribution is 5.94. The molecule has 2 aliphatic heterocycles. The van der Waals surface area contributed by atoms with Crippen molar-refractivity contribution >= 4 is 22.8 Å². The molecule has 0 radical (unpaired) electrons. The normalized spacial score (nSPS) is 18.3. The molecule has 2 heterocycles. The van der Waals surface area contributed by atoms with Crippen LogP contribution >= 0.6 is 0 Å². The molecule has 7 nitrogen and oxygen atoms in total. The summed E-state index contributed by atoms with van der Waals surface area (Å²) in [5, 5.41) is 2.18. The molecule has 2 fully saturated rings. The number of carbonyl (C=O) groups excluding carboxylic acids is 2. The lowest BCUT2D eigenvalue weighted by Gasteiger charge is -2.26. The standard InChI is InChI=1S/C32H29NO6/c1-36-25-13-14-26(28(18-25)31-37-15-16-38-31)27(24-12-11-21-7-5-6-10-23(21)17-24)19-30(34)33-29(20-39-32(33)35)22-8-3-2-4-9-22/h2-14,17-18,27,29,31H,15-16,19-20H2,1H3/t27-,29-/m0/s1. The first-order valence-corrected chi connectivity index (χ1v) is 13.1. The molecule has 2 aliphatic rings. The van der Waals surface area contributed by atoms with Crippen molar-refractivity contribution in [1.29, 1.82) is 0 Å². The molecule has 6 rings (SSSR count). The van der Waals surface area contributed by atoms with Crippen molar-refractivity contribution in [2.45, 2.75) is 24.7 Å². The van der Waals surface area contributed by atoms with E-state index < -0.39 is 18.4 Å². The summed E-state index contributed by atoms with van der Waals surface area (Å²) in [6, 6.07) is 29.1. The molecule has 2 amide bonds. The van der Waals surface area contributed by atoms with Crippen molar-refractivity contribution in [3.8, 4) is 5.75 Å². The molecule has 0 unspecified atom stereocenters. The number of rotatable bonds is 7. The van der Waals surface area contributed by atoms with Gasteiger partial charge in [0.2, 0.25) is 5.91 Å². The highest BCUT2D eigenvalue weighted by atomic mass is 16.7. The van der Waals surface area contributed by atoms with Crippen LogP contribution in [0.15, 0.2) is 91.0 Å². The second-order valence-corrected chi connectivity index (χ2v) is 9.70. The maximum absolute atomic E-state index is 14.0. The average Bonchev–Trinajstić information content (AvgIpc) is 3.66. The fourth-order valence-electron chi connectivity index (χ4n) is 5.46. The molecule has 198 valence electrons. The van der Waals surface area contributed by atoms with Crippen LogP contribution in [0.5, 0.6) is 5.75 Å². The van der Waals surface area contributed by atoms with Gasteiger partial charge in [-0.3, -0.25) is 4.79 Å². The predicted octanol–water partition coefficient (Wildman–Crippen LogP) is 6.14. The summed E-state index contributed by atoms with van der Waals surface area (Å²) in [6.45, 7) is 1.10. The third-order valence-corrected chi connectivity index (χ3v) is 7.43. The summed E-state index contributed by atoms with van der Waals surface area (Å²) in [6.07, 6.45) is -1.13. The summed E-state index contributed by atoms with van der Waals surface area (Å²) >= 11 is 0. The minimum atomic E-state index is -0.622. The molecule has 7 heteroatoms. The zero-order chi connectivity index (χ0) is 26.8. The van der Waals surface area contributed by atoms with E-state index in [-0.39, 0.29) is 24.9 Å². The smallest absolute Gasteiger partial charge is 0.417 e. The first kappa shape index (κ1) is 25.1. The highest BCUT2D eigenvalue weighted by Gasteiger charge is 2.40. The molecule has 0 N–H and O–H groups in total. The number of fused-ring (bicyclic) bond motifs is 1. The Bertz CT molecular complexity index is 1500. The molecule has 4 aromatic carbocycles. The van der Waals surface area contributed by atoms with Gasteiger partial charge in [-0.15, -0.1) is 0 Å². The molecule has 2 saturated heterocycles. The molecular formula is C32H29NO6. The van der Waals surface area contributed by atoms with E-state index >= 15 is 0 Å². The Balaban J connectivity index is 1.43. The SMILES string of the molecule is COc1ccc([C@@H](CC(=O)N2C(=O)OC[C@H]2c2ccccc2)c2ccc3ccccc3c2)c(C2OCCO2)c1. The van der Waals surface area contributed by atoms with E-state index in [2.05, 4.69) is 24.3 Å². The molecule has 4 aromatic rings. The van der Waals surface area contributed by atoms with Crippen LogP contribution in [-0.2, 0) is 19.0 Å². The molecule has 0 saturated carbocycles. The van der Waals surface area contributed by atoms with Crippen LogP contribution in [0.25, 0.3) is 10.8 Å². The van der Waals surface area contributed by atoms with E-state index in [0.717, 1.165) is 33.0 Å². The Morgan fingerprint density at radius 1 is 0.923 bits per heavy atom. The second kappa shape index (κ2) is 10.9. The van der Waals surface area contributed by atoms with Gasteiger partial charge in [-0.1, -0.05) is 78.9 Å². The predicted molar refractivity (Wildman–Crippen MR) is 145 cm³/mol. The van der Waals surface area contributed by atoms with E-state index in [1.54, 1.807) is 7.11 Å². The summed E-state index contributed by atoms with van der Waals surface area (Å²) in [4.78, 5) is 28.0. The number of cyclic esters (lactones) is 1. The lowest BCUT2D eigenvalue weighted by Crippen LogP contribution is -2.35. The van der Waals surface area contributed by atoms with E-state index in [9.17, 15) is 9.59 Å². The monoisotopic (exact) mass is 523 g/mol. The average molecular weight is 524 g/mol. The van der Waals surface area contributed by atoms with Crippen LogP contribution in [0.2, 0.25) is 0 Å². The minimum absolute atomic E-state index is 0.0584. The molecule has 0 aliphatic carbocycles. The van der Waals surface area contributed by atoms with Gasteiger partial charge >= 0.3 is 6.09 Å². The number of imide groups is 1. The van der Waals surface area contributed by atoms with Gasteiger partial charge < -0.3 is 18.9 Å². The van der Waals surface area contributed by atoms with Gasteiger partial charge in [0.05, 0.1) is 20.3 Å². The fraction of sp³-hybridized carbons (Fsp3) is 0.250. The maximum Gasteiger partial charge on any atom is 0.417 e. The number of hydrogen-bond donors (Lipinski definition) is 0. The molecule has 39 heavy (non-hydrogen) atoms. The first-order chi connectivity index (χ1) is 19.1. The van der Waals surface area contributed by atoms with E-state index in [4.69, 9.17) is 18.9 Å². The lowest BCUT2D eigenvalue weighted by atomic mass is 9.84. The fourth-order valence-corrected chi connectivity index (χ4v) is 5.46. The molecule has 2 atom stereocenters. The van der Waals surface area contributed by atoms with Gasteiger partial charge in [0.25, 0.3) is 0 Å². The number of methoxy groups -OCH3 is 1. The second-order valence-electron chi connectivity index (χ2n) is 9.70. The van der Waals surface area contributed by atoms with Gasteiger partial charge in [-0.2, -0.15) is 0 Å². The number of benzene rings is 4. The van der Waals surface area contributed by atoms with Crippen LogP contribution in [0.3, 0.4) is 0 Å². The molecule has 0 bridgehead atoms. The quantitative estimate of drug-likeness (QED) is 0.290. The van der Waals surface area contributed by atoms with Crippen molar-refractivity contribution in [2.24, 2.45) is 0 Å². The summed E-state index contributed by atoms with van der Waals surface area (Å²) in [7, 11) is 1.61. The number of amides is 2. The Hall–Kier alpha value is -4.20. The molecule has 0 spiro atoms. The number of nitrogens with zero attached hydrogens (tertiary/aromatic N) is 1. The van der Waals surface area contributed by atoms with Gasteiger partial charge in [-0.25, -0.2) is 9.69 Å². The Morgan fingerprint density at radius 2 is 1.67 bits per heavy atom. The van der Waals surface area contributed by atoms with Crippen LogP contribution in [0.1, 0.15) is 46.9 Å². The zero-order valence-electron chi connectivity index (χ0n) is 21.6. The van der Waals surface area contributed by atoms with Crippen molar-refractivity contribution in [2.75, 3.05) is 26.9 Å². The third kappa shape index (κ3) is 4.99. The van der Waals surface area contributed by atoms with Gasteiger partial charge in [-0.05, 0) is 39.6 Å². The highest BCUT2D eigenvalue weighted by Crippen LogP contribution is 2.40. The Labute approximate surface area is 226 Å². The Kier molecular flexibility index (Phi) is 7.00. The largest absolute Gasteiger partial charge is 0.497 e. The Morgan fingerprint density at radius 3 is 2.44 bits per heavy atom. The van der Waals surface area contributed by atoms with Crippen molar-refractivity contribution in [1.82, 2.24) is 4.90 Å². The van der Waals surface area contributed by atoms with Crippen molar-refractivity contribution in [3.63, 3.8) is 0 Å². The van der Waals surface area contributed by atoms with Crippen molar-refractivity contribution < 1.29 is 28.5 Å². The van der Waals surface area contributed by atoms with E-state index in [1.807, 2.05) is 66.7 Å². The number of hydrogen-bond acceptors (Lipinski definition) is 6. The first-order valence-electron chi connectivity index (χ1n) is 13.1. The van der Waals surface area contributed by atoms with Crippen LogP contribution < -0.4 is 4.74 Å². The third-order valence-electron chi connectivity index (χ3n) is 7.43. The summed E-state index contributed by atoms with van der Waals surface area (Å²) in [5.74, 6) is -0.0103. The summed E-state index contributed by atoms with van der Waals surface area (Å²) in [5.41, 5.74) is 3.50. The summed E-state index contributed by atoms with van der Waals surface area (Å²) < 4.78 is 22.6. The molecule has 0 aromatic heterocycles. The number of carbonyl (C=O) groups is 2. The van der Waals surface area contributed by atoms with Gasteiger partial charge in [0.1, 0.15) is 18.4 Å². The van der Waals surface area contributed by atoms with Gasteiger partial charge in [0, 0.05) is 17.9 Å². The van der Waals surface area contributed by atoms with E-state index in [0.29, 0.717) is 19.0 Å². The van der Waals surface area contributed by atoms with Crippen LogP contribution in [0.4, 0.5) is 4.79 Å². The van der Waals surface area contributed by atoms with Crippen LogP contribution in [-0.4, -0.2) is 43.8 Å². The maximum atomic E-state index is 14.0. The lowest BCUT2D eigenvalue weighted by molar-refractivity contribution is -0.129. The topological polar surface area (TPSA) is 74.3 Å². The zero-order valence-corrected chi connectivity index (χ0v) is 21.6. The molecular weight excluding hydrogens is 494 g/mol. The van der Waals surface area contributed by atoms with Crippen LogP contribution in [0, 0.1) is 0 Å². The minimum Gasteiger partial charge on any atom is -0.497 e. The number of ether oxygens (including phenoxy) is 4. The van der Waals surface area contributed by atoms with Crippen molar-refractivity contribution in [3.05, 3.63) is 113 Å².